The van der Waals surface area contributed by atoms with Crippen LogP contribution in [0.5, 0.6) is 0 Å². The summed E-state index contributed by atoms with van der Waals surface area (Å²) in [5.41, 5.74) is 0. The summed E-state index contributed by atoms with van der Waals surface area (Å²) in [6.45, 7) is 1.88. The molecule has 0 aliphatic carbocycles. The summed E-state index contributed by atoms with van der Waals surface area (Å²) >= 11 is 0. The first kappa shape index (κ1) is 3.59. The third-order valence-corrected chi connectivity index (χ3v) is 0.655. The molecule has 0 amide bonds. The fourth-order valence-corrected chi connectivity index (χ4v) is 0.372. The highest BCUT2D eigenvalue weighted by atomic mass is 14.7. The molecular weight excluding hydrogens is 74.1 g/mol. The maximum Gasteiger partial charge on any atom is 0.0760 e. The van der Waals surface area contributed by atoms with Gasteiger partial charge in [0.15, 0.2) is 0 Å². The second-order valence-corrected chi connectivity index (χ2v) is 1.14. The number of aliphatic imine (C=N–C) groups is 1. The highest BCUT2D eigenvalue weighted by molar-refractivity contribution is 5.72. The van der Waals surface area contributed by atoms with Gasteiger partial charge in [-0.25, -0.2) is 0 Å². The number of dihydropyridines is 1. The Hall–Kier alpha value is -0.590. The van der Waals surface area contributed by atoms with E-state index < -0.39 is 0 Å². The highest BCUT2D eigenvalue weighted by Crippen LogP contribution is 1.93. The summed E-state index contributed by atoms with van der Waals surface area (Å²) in [5.74, 6) is 0. The van der Waals surface area contributed by atoms with Gasteiger partial charge in [-0.1, -0.05) is 6.08 Å². The van der Waals surface area contributed by atoms with Crippen LogP contribution in [-0.2, 0) is 0 Å². The predicted octanol–water partition coefficient (Wildman–Crippen LogP) is 1.18. The Labute approximate surface area is 37.4 Å². The second-order valence-electron chi connectivity index (χ2n) is 1.14. The molecule has 0 atom stereocenters. The van der Waals surface area contributed by atoms with E-state index in [0.29, 0.717) is 0 Å². The van der Waals surface area contributed by atoms with Gasteiger partial charge in [-0.3, -0.25) is 4.99 Å². The molecule has 0 unspecified atom stereocenters. The molecule has 31 valence electrons. The number of nitrogens with zero attached hydrogens (tertiary/aromatic N) is 1. The van der Waals surface area contributed by atoms with Crippen LogP contribution >= 0.6 is 0 Å². The highest BCUT2D eigenvalue weighted by Gasteiger charge is 1.79. The van der Waals surface area contributed by atoms with E-state index in [1.807, 2.05) is 12.6 Å². The Bertz CT molecular complexity index is 69.9. The van der Waals surface area contributed by atoms with Gasteiger partial charge in [0.05, 0.1) is 6.54 Å². The fourth-order valence-electron chi connectivity index (χ4n) is 0.372. The smallest absolute Gasteiger partial charge is 0.0760 e. The molecule has 0 N–H and O–H groups in total. The average Bonchev–Trinajstić information content (AvgIpc) is 1.72. The molecule has 1 rings (SSSR count). The molecule has 1 heterocycles. The van der Waals surface area contributed by atoms with Gasteiger partial charge in [-0.2, -0.15) is 0 Å². The van der Waals surface area contributed by atoms with E-state index in [2.05, 4.69) is 11.1 Å². The zero-order valence-corrected chi connectivity index (χ0v) is 3.46. The average molecular weight is 80.1 g/mol. The number of hydrogen-bond donors (Lipinski definition) is 0. The molecular formula is C5H6N. The first-order valence-corrected chi connectivity index (χ1v) is 2.00. The minimum absolute atomic E-state index is 0.997. The van der Waals surface area contributed by atoms with Crippen molar-refractivity contribution in [2.45, 2.75) is 6.42 Å². The molecule has 1 aliphatic rings. The van der Waals surface area contributed by atoms with Crippen LogP contribution in [0.3, 0.4) is 0 Å². The SMILES string of the molecule is [CH]1CC=CC=N1. The van der Waals surface area contributed by atoms with Crippen LogP contribution in [0, 0.1) is 6.54 Å². The van der Waals surface area contributed by atoms with E-state index >= 15 is 0 Å². The number of allylic oxidation sites excluding steroid dienone is 1. The molecule has 1 nitrogen and oxygen atoms in total. The monoisotopic (exact) mass is 80.1 g/mol. The lowest BCUT2D eigenvalue weighted by Crippen LogP contribution is -1.75. The summed E-state index contributed by atoms with van der Waals surface area (Å²) < 4.78 is 0. The van der Waals surface area contributed by atoms with Gasteiger partial charge >= 0.3 is 0 Å². The van der Waals surface area contributed by atoms with E-state index in [1.54, 1.807) is 6.21 Å². The van der Waals surface area contributed by atoms with Crippen molar-refractivity contribution < 1.29 is 0 Å². The standard InChI is InChI=1S/C5H6N/c1-2-4-6-5-3-1/h1-2,4-5H,3H2. The lowest BCUT2D eigenvalue weighted by Gasteiger charge is -1.87. The second kappa shape index (κ2) is 1.75. The Kier molecular flexibility index (Phi) is 1.05. The number of rotatable bonds is 0. The quantitative estimate of drug-likeness (QED) is 0.414. The van der Waals surface area contributed by atoms with Crippen LogP contribution in [0.2, 0.25) is 0 Å². The molecule has 0 bridgehead atoms. The minimum atomic E-state index is 0.997. The van der Waals surface area contributed by atoms with Gasteiger partial charge < -0.3 is 0 Å². The summed E-state index contributed by atoms with van der Waals surface area (Å²) in [7, 11) is 0. The lowest BCUT2D eigenvalue weighted by atomic mass is 10.3. The summed E-state index contributed by atoms with van der Waals surface area (Å²) in [6, 6.07) is 0. The van der Waals surface area contributed by atoms with E-state index in [1.165, 1.54) is 0 Å². The molecule has 0 saturated heterocycles. The van der Waals surface area contributed by atoms with Crippen LogP contribution in [0.15, 0.2) is 17.1 Å². The lowest BCUT2D eigenvalue weighted by molar-refractivity contribution is 1.16. The van der Waals surface area contributed by atoms with Crippen molar-refractivity contribution in [3.8, 4) is 0 Å². The van der Waals surface area contributed by atoms with Crippen LogP contribution in [0.1, 0.15) is 6.42 Å². The van der Waals surface area contributed by atoms with Gasteiger partial charge in [0, 0.05) is 6.21 Å². The van der Waals surface area contributed by atoms with Crippen molar-refractivity contribution in [1.82, 2.24) is 0 Å². The zero-order valence-electron chi connectivity index (χ0n) is 3.46. The minimum Gasteiger partial charge on any atom is -0.287 e. The molecule has 0 aromatic carbocycles. The topological polar surface area (TPSA) is 12.4 Å². The number of hydrogen-bond acceptors (Lipinski definition) is 1. The van der Waals surface area contributed by atoms with Crippen molar-refractivity contribution in [3.63, 3.8) is 0 Å². The van der Waals surface area contributed by atoms with Crippen molar-refractivity contribution in [2.75, 3.05) is 0 Å². The summed E-state index contributed by atoms with van der Waals surface area (Å²) in [6.07, 6.45) is 6.78. The molecule has 0 spiro atoms. The van der Waals surface area contributed by atoms with E-state index in [0.717, 1.165) is 6.42 Å². The van der Waals surface area contributed by atoms with Crippen molar-refractivity contribution in [3.05, 3.63) is 18.7 Å². The predicted molar refractivity (Wildman–Crippen MR) is 26.5 cm³/mol. The maximum atomic E-state index is 3.84. The summed E-state index contributed by atoms with van der Waals surface area (Å²) in [4.78, 5) is 3.84. The largest absolute Gasteiger partial charge is 0.287 e. The van der Waals surface area contributed by atoms with Gasteiger partial charge in [0.1, 0.15) is 0 Å². The molecule has 0 saturated carbocycles. The van der Waals surface area contributed by atoms with E-state index in [-0.39, 0.29) is 0 Å². The Balaban J connectivity index is 2.46. The third-order valence-electron chi connectivity index (χ3n) is 0.655. The molecule has 6 heavy (non-hydrogen) atoms. The fraction of sp³-hybridized carbons (Fsp3) is 0.200. The van der Waals surface area contributed by atoms with Crippen LogP contribution in [-0.4, -0.2) is 6.21 Å². The van der Waals surface area contributed by atoms with Crippen molar-refractivity contribution >= 4 is 6.21 Å². The molecule has 1 heteroatoms. The van der Waals surface area contributed by atoms with Gasteiger partial charge in [-0.05, 0) is 12.5 Å². The summed E-state index contributed by atoms with van der Waals surface area (Å²) in [5, 5.41) is 0. The van der Waals surface area contributed by atoms with Crippen LogP contribution in [0.4, 0.5) is 0 Å². The molecule has 1 radical (unpaired) electrons. The molecule has 0 fully saturated rings. The van der Waals surface area contributed by atoms with Crippen LogP contribution in [0.25, 0.3) is 0 Å². The Morgan fingerprint density at radius 2 is 2.50 bits per heavy atom. The molecule has 0 aromatic rings. The van der Waals surface area contributed by atoms with Gasteiger partial charge in [-0.15, -0.1) is 0 Å². The molecule has 1 aliphatic heterocycles. The normalized spacial score (nSPS) is 18.7. The van der Waals surface area contributed by atoms with Crippen molar-refractivity contribution in [2.24, 2.45) is 4.99 Å². The Morgan fingerprint density at radius 3 is 2.67 bits per heavy atom. The van der Waals surface area contributed by atoms with Gasteiger partial charge in [0.2, 0.25) is 0 Å². The molecule has 0 aromatic heterocycles. The van der Waals surface area contributed by atoms with Crippen LogP contribution < -0.4 is 0 Å². The van der Waals surface area contributed by atoms with E-state index in [4.69, 9.17) is 0 Å². The first-order chi connectivity index (χ1) is 3.00. The zero-order chi connectivity index (χ0) is 4.24. The Morgan fingerprint density at radius 1 is 1.50 bits per heavy atom. The third kappa shape index (κ3) is 0.677. The first-order valence-electron chi connectivity index (χ1n) is 2.00. The van der Waals surface area contributed by atoms with E-state index in [9.17, 15) is 0 Å². The van der Waals surface area contributed by atoms with Gasteiger partial charge in [0.25, 0.3) is 0 Å². The maximum absolute atomic E-state index is 3.84. The van der Waals surface area contributed by atoms with Crippen molar-refractivity contribution in [1.29, 1.82) is 0 Å².